The Hall–Kier alpha value is -3.71. The number of hydrogen-bond donors (Lipinski definition) is 1. The number of benzene rings is 3. The minimum absolute atomic E-state index is 0.0227. The van der Waals surface area contributed by atoms with Gasteiger partial charge in [0.25, 0.3) is 5.91 Å². The number of aliphatic hydroxyl groups excluding tert-OH is 1. The average Bonchev–Trinajstić information content (AvgIpc) is 2.86. The van der Waals surface area contributed by atoms with Crippen LogP contribution in [-0.4, -0.2) is 51.6 Å². The average molecular weight is 437 g/mol. The van der Waals surface area contributed by atoms with Gasteiger partial charge in [-0.1, -0.05) is 0 Å². The van der Waals surface area contributed by atoms with E-state index in [1.165, 1.54) is 4.90 Å². The summed E-state index contributed by atoms with van der Waals surface area (Å²) in [6.45, 7) is 0.0716. The Balaban J connectivity index is 1.75. The summed E-state index contributed by atoms with van der Waals surface area (Å²) < 4.78 is 21.2. The maximum atomic E-state index is 13.3. The van der Waals surface area contributed by atoms with E-state index in [0.29, 0.717) is 34.2 Å². The van der Waals surface area contributed by atoms with Gasteiger partial charge in [-0.25, -0.2) is 0 Å². The van der Waals surface area contributed by atoms with E-state index in [1.807, 2.05) is 0 Å². The monoisotopic (exact) mass is 437 g/mol. The second-order valence-corrected chi connectivity index (χ2v) is 6.98. The fourth-order valence-electron chi connectivity index (χ4n) is 3.08. The summed E-state index contributed by atoms with van der Waals surface area (Å²) >= 11 is 0. The summed E-state index contributed by atoms with van der Waals surface area (Å²) in [5.74, 6) is 2.40. The van der Waals surface area contributed by atoms with E-state index >= 15 is 0 Å². The highest BCUT2D eigenvalue weighted by Gasteiger charge is 2.22. The van der Waals surface area contributed by atoms with Crippen molar-refractivity contribution < 1.29 is 28.8 Å². The number of hydrogen-bond acceptors (Lipinski definition) is 6. The first-order valence-corrected chi connectivity index (χ1v) is 10.1. The molecule has 0 saturated carbocycles. The number of carbonyl (C=O) groups is 1. The van der Waals surface area contributed by atoms with Crippen molar-refractivity contribution in [3.8, 4) is 23.0 Å². The van der Waals surface area contributed by atoms with Gasteiger partial charge in [-0.3, -0.25) is 4.79 Å². The molecule has 3 aromatic carbocycles. The molecular weight excluding hydrogens is 410 g/mol. The van der Waals surface area contributed by atoms with Gasteiger partial charge in [-0.15, -0.1) is 0 Å². The predicted molar refractivity (Wildman–Crippen MR) is 122 cm³/mol. The quantitative estimate of drug-likeness (QED) is 0.520. The van der Waals surface area contributed by atoms with E-state index < -0.39 is 6.10 Å². The third-order valence-electron chi connectivity index (χ3n) is 4.86. The molecule has 168 valence electrons. The lowest BCUT2D eigenvalue weighted by Gasteiger charge is -2.26. The first kappa shape index (κ1) is 23.0. The van der Waals surface area contributed by atoms with Crippen molar-refractivity contribution in [3.05, 3.63) is 78.4 Å². The van der Waals surface area contributed by atoms with Gasteiger partial charge in [0.2, 0.25) is 0 Å². The summed E-state index contributed by atoms with van der Waals surface area (Å²) in [7, 11) is 4.74. The summed E-state index contributed by atoms with van der Waals surface area (Å²) in [5, 5.41) is 10.6. The highest BCUT2D eigenvalue weighted by atomic mass is 16.5. The Bertz CT molecular complexity index is 986. The van der Waals surface area contributed by atoms with Crippen molar-refractivity contribution >= 4 is 11.6 Å². The van der Waals surface area contributed by atoms with Gasteiger partial charge < -0.3 is 29.0 Å². The number of nitrogens with zero attached hydrogens (tertiary/aromatic N) is 1. The van der Waals surface area contributed by atoms with Gasteiger partial charge in [0, 0.05) is 11.3 Å². The van der Waals surface area contributed by atoms with E-state index in [4.69, 9.17) is 18.9 Å². The van der Waals surface area contributed by atoms with Gasteiger partial charge >= 0.3 is 0 Å². The molecule has 0 aliphatic heterocycles. The van der Waals surface area contributed by atoms with Crippen LogP contribution in [0.25, 0.3) is 0 Å². The molecule has 3 aromatic rings. The number of anilines is 1. The standard InChI is InChI=1S/C25H27NO6/c1-29-21-8-4-18(5-9-21)25(28)26(19-6-10-22(30-2)11-7-19)16-20(27)17-32-24-14-12-23(31-3)13-15-24/h4-15,20,27H,16-17H2,1-3H3. The number of rotatable bonds is 10. The second-order valence-electron chi connectivity index (χ2n) is 6.98. The maximum Gasteiger partial charge on any atom is 0.258 e. The molecule has 0 bridgehead atoms. The van der Waals surface area contributed by atoms with Crippen LogP contribution in [0.2, 0.25) is 0 Å². The molecule has 1 amide bonds. The van der Waals surface area contributed by atoms with Crippen LogP contribution in [0.4, 0.5) is 5.69 Å². The molecule has 1 N–H and O–H groups in total. The van der Waals surface area contributed by atoms with Gasteiger partial charge in [0.15, 0.2) is 0 Å². The van der Waals surface area contributed by atoms with Crippen LogP contribution in [0, 0.1) is 0 Å². The first-order chi connectivity index (χ1) is 15.5. The third-order valence-corrected chi connectivity index (χ3v) is 4.86. The molecule has 1 unspecified atom stereocenters. The highest BCUT2D eigenvalue weighted by molar-refractivity contribution is 6.06. The summed E-state index contributed by atoms with van der Waals surface area (Å²) in [6.07, 6.45) is -0.915. The Morgan fingerprint density at radius 1 is 0.750 bits per heavy atom. The number of carbonyl (C=O) groups excluding carboxylic acids is 1. The predicted octanol–water partition coefficient (Wildman–Crippen LogP) is 3.80. The number of ether oxygens (including phenoxy) is 4. The Kier molecular flexibility index (Phi) is 7.94. The van der Waals surface area contributed by atoms with Crippen molar-refractivity contribution in [2.45, 2.75) is 6.10 Å². The molecule has 3 rings (SSSR count). The Morgan fingerprint density at radius 3 is 1.69 bits per heavy atom. The lowest BCUT2D eigenvalue weighted by Crippen LogP contribution is -2.40. The molecule has 0 heterocycles. The molecule has 0 fully saturated rings. The summed E-state index contributed by atoms with van der Waals surface area (Å²) in [4.78, 5) is 14.8. The zero-order valence-electron chi connectivity index (χ0n) is 18.4. The fraction of sp³-hybridized carbons (Fsp3) is 0.240. The molecule has 0 aliphatic carbocycles. The topological polar surface area (TPSA) is 77.5 Å². The van der Waals surface area contributed by atoms with Crippen molar-refractivity contribution in [1.29, 1.82) is 0 Å². The molecule has 0 saturated heterocycles. The lowest BCUT2D eigenvalue weighted by atomic mass is 10.1. The highest BCUT2D eigenvalue weighted by Crippen LogP contribution is 2.23. The minimum atomic E-state index is -0.915. The van der Waals surface area contributed by atoms with Crippen LogP contribution >= 0.6 is 0 Å². The van der Waals surface area contributed by atoms with Crippen molar-refractivity contribution in [2.24, 2.45) is 0 Å². The smallest absolute Gasteiger partial charge is 0.258 e. The second kappa shape index (κ2) is 11.1. The SMILES string of the molecule is COc1ccc(OCC(O)CN(C(=O)c2ccc(OC)cc2)c2ccc(OC)cc2)cc1. The third kappa shape index (κ3) is 5.92. The molecule has 32 heavy (non-hydrogen) atoms. The van der Waals surface area contributed by atoms with Crippen LogP contribution < -0.4 is 23.8 Å². The zero-order valence-corrected chi connectivity index (χ0v) is 18.4. The molecule has 0 aliphatic rings. The Labute approximate surface area is 187 Å². The molecule has 0 spiro atoms. The van der Waals surface area contributed by atoms with Gasteiger partial charge in [-0.2, -0.15) is 0 Å². The molecule has 0 aromatic heterocycles. The molecule has 0 radical (unpaired) electrons. The summed E-state index contributed by atoms with van der Waals surface area (Å²) in [6, 6.07) is 21.0. The maximum absolute atomic E-state index is 13.3. The van der Waals surface area contributed by atoms with E-state index in [0.717, 1.165) is 0 Å². The van der Waals surface area contributed by atoms with Crippen molar-refractivity contribution in [2.75, 3.05) is 39.4 Å². The largest absolute Gasteiger partial charge is 0.497 e. The molecule has 7 heteroatoms. The molecule has 1 atom stereocenters. The number of methoxy groups -OCH3 is 3. The van der Waals surface area contributed by atoms with Crippen LogP contribution in [-0.2, 0) is 0 Å². The van der Waals surface area contributed by atoms with Gasteiger partial charge in [-0.05, 0) is 72.8 Å². The van der Waals surface area contributed by atoms with E-state index in [1.54, 1.807) is 94.1 Å². The number of amides is 1. The molecule has 7 nitrogen and oxygen atoms in total. The van der Waals surface area contributed by atoms with E-state index in [-0.39, 0.29) is 19.1 Å². The normalized spacial score (nSPS) is 11.4. The summed E-state index contributed by atoms with van der Waals surface area (Å²) in [5.41, 5.74) is 1.11. The van der Waals surface area contributed by atoms with Gasteiger partial charge in [0.1, 0.15) is 35.7 Å². The van der Waals surface area contributed by atoms with E-state index in [2.05, 4.69) is 0 Å². The lowest BCUT2D eigenvalue weighted by molar-refractivity contribution is 0.0906. The molecular formula is C25H27NO6. The van der Waals surface area contributed by atoms with Crippen LogP contribution in [0.3, 0.4) is 0 Å². The minimum Gasteiger partial charge on any atom is -0.497 e. The van der Waals surface area contributed by atoms with Gasteiger partial charge in [0.05, 0.1) is 27.9 Å². The van der Waals surface area contributed by atoms with Crippen molar-refractivity contribution in [1.82, 2.24) is 0 Å². The number of aliphatic hydroxyl groups is 1. The van der Waals surface area contributed by atoms with Crippen LogP contribution in [0.15, 0.2) is 72.8 Å². The Morgan fingerprint density at radius 2 is 1.19 bits per heavy atom. The van der Waals surface area contributed by atoms with E-state index in [9.17, 15) is 9.90 Å². The van der Waals surface area contributed by atoms with Crippen molar-refractivity contribution in [3.63, 3.8) is 0 Å². The fourth-order valence-corrected chi connectivity index (χ4v) is 3.08. The first-order valence-electron chi connectivity index (χ1n) is 10.1. The van der Waals surface area contributed by atoms with Crippen LogP contribution in [0.1, 0.15) is 10.4 Å². The van der Waals surface area contributed by atoms with Crippen LogP contribution in [0.5, 0.6) is 23.0 Å². The zero-order chi connectivity index (χ0) is 22.9.